The number of esters is 1. The van der Waals surface area contributed by atoms with E-state index in [0.717, 1.165) is 53.7 Å². The van der Waals surface area contributed by atoms with E-state index in [1.165, 1.54) is 0 Å². The predicted octanol–water partition coefficient (Wildman–Crippen LogP) is 5.64. The Bertz CT molecular complexity index is 1180. The first-order valence-electron chi connectivity index (χ1n) is 11.1. The van der Waals surface area contributed by atoms with Gasteiger partial charge in [0.1, 0.15) is 0 Å². The fourth-order valence-corrected chi connectivity index (χ4v) is 5.07. The number of anilines is 1. The smallest absolute Gasteiger partial charge is 0.416 e. The standard InChI is InChI=1S/C25H24F3N3O3S/c1-3-34-23(33)20-15(2)29-24-31(13-4-14-35-24)21(20)16-7-11-19(12-8-16)30-22(32)17-5-9-18(10-6-17)25(26,27)28/h5-12,21H,3-4,13-14H2,1-2H3,(H,30,32). The highest BCUT2D eigenvalue weighted by Gasteiger charge is 2.37. The van der Waals surface area contributed by atoms with E-state index < -0.39 is 23.6 Å². The second-order valence-electron chi connectivity index (χ2n) is 8.06. The molecule has 0 saturated carbocycles. The SMILES string of the molecule is CCOC(=O)C1=C(C)N=C2SCCCN2C1c1ccc(NC(=O)c2ccc(C(F)(F)F)cc2)cc1. The van der Waals surface area contributed by atoms with Crippen molar-refractivity contribution in [3.63, 3.8) is 0 Å². The monoisotopic (exact) mass is 503 g/mol. The van der Waals surface area contributed by atoms with Crippen molar-refractivity contribution >= 4 is 34.5 Å². The molecule has 1 unspecified atom stereocenters. The third-order valence-electron chi connectivity index (χ3n) is 5.71. The van der Waals surface area contributed by atoms with E-state index in [9.17, 15) is 22.8 Å². The molecular formula is C25H24F3N3O3S. The van der Waals surface area contributed by atoms with E-state index in [4.69, 9.17) is 4.74 Å². The fourth-order valence-electron chi connectivity index (χ4n) is 4.05. The minimum absolute atomic E-state index is 0.115. The van der Waals surface area contributed by atoms with Crippen molar-refractivity contribution in [1.29, 1.82) is 0 Å². The Hall–Kier alpha value is -3.27. The first-order chi connectivity index (χ1) is 16.7. The Morgan fingerprint density at radius 2 is 1.83 bits per heavy atom. The van der Waals surface area contributed by atoms with E-state index in [2.05, 4.69) is 15.2 Å². The van der Waals surface area contributed by atoms with E-state index in [1.807, 2.05) is 12.1 Å². The second kappa shape index (κ2) is 10.2. The van der Waals surface area contributed by atoms with Crippen LogP contribution in [0.2, 0.25) is 0 Å². The highest BCUT2D eigenvalue weighted by atomic mass is 32.2. The number of nitrogens with one attached hydrogen (secondary N) is 1. The minimum atomic E-state index is -4.46. The zero-order chi connectivity index (χ0) is 25.2. The maximum absolute atomic E-state index is 12.8. The first-order valence-corrected chi connectivity index (χ1v) is 12.1. The van der Waals surface area contributed by atoms with Crippen LogP contribution < -0.4 is 5.32 Å². The highest BCUT2D eigenvalue weighted by Crippen LogP contribution is 2.40. The Balaban J connectivity index is 1.56. The molecule has 0 bridgehead atoms. The Labute approximate surface area is 205 Å². The summed E-state index contributed by atoms with van der Waals surface area (Å²) < 4.78 is 43.6. The lowest BCUT2D eigenvalue weighted by atomic mass is 9.94. The molecule has 0 aliphatic carbocycles. The number of hydrogen-bond donors (Lipinski definition) is 1. The van der Waals surface area contributed by atoms with Gasteiger partial charge in [-0.2, -0.15) is 13.2 Å². The average Bonchev–Trinajstić information content (AvgIpc) is 2.83. The highest BCUT2D eigenvalue weighted by molar-refractivity contribution is 8.13. The number of amides is 1. The van der Waals surface area contributed by atoms with Gasteiger partial charge in [0.15, 0.2) is 5.17 Å². The van der Waals surface area contributed by atoms with Crippen molar-refractivity contribution < 1.29 is 27.5 Å². The summed E-state index contributed by atoms with van der Waals surface area (Å²) in [7, 11) is 0. The summed E-state index contributed by atoms with van der Waals surface area (Å²) in [5, 5.41) is 3.57. The Kier molecular flexibility index (Phi) is 7.20. The van der Waals surface area contributed by atoms with Gasteiger partial charge in [0.25, 0.3) is 5.91 Å². The summed E-state index contributed by atoms with van der Waals surface area (Å²) in [4.78, 5) is 32.1. The van der Waals surface area contributed by atoms with Gasteiger partial charge in [-0.15, -0.1) is 0 Å². The van der Waals surface area contributed by atoms with Crippen molar-refractivity contribution in [1.82, 2.24) is 4.90 Å². The van der Waals surface area contributed by atoms with Crippen molar-refractivity contribution in [2.75, 3.05) is 24.2 Å². The van der Waals surface area contributed by atoms with Crippen LogP contribution in [0.1, 0.15) is 47.8 Å². The molecule has 0 radical (unpaired) electrons. The number of halogens is 3. The summed E-state index contributed by atoms with van der Waals surface area (Å²) in [6, 6.07) is 10.7. The number of alkyl halides is 3. The van der Waals surface area contributed by atoms with Crippen molar-refractivity contribution in [3.05, 3.63) is 76.5 Å². The van der Waals surface area contributed by atoms with Crippen molar-refractivity contribution in [2.24, 2.45) is 4.99 Å². The molecule has 1 amide bonds. The number of ether oxygens (including phenoxy) is 1. The van der Waals surface area contributed by atoms with Gasteiger partial charge in [0.05, 0.1) is 29.5 Å². The van der Waals surface area contributed by atoms with Crippen molar-refractivity contribution in [2.45, 2.75) is 32.5 Å². The van der Waals surface area contributed by atoms with Gasteiger partial charge in [-0.1, -0.05) is 23.9 Å². The number of benzene rings is 2. The van der Waals surface area contributed by atoms with Gasteiger partial charge in [-0.25, -0.2) is 9.79 Å². The van der Waals surface area contributed by atoms with Crippen molar-refractivity contribution in [3.8, 4) is 0 Å². The topological polar surface area (TPSA) is 71.0 Å². The fraction of sp³-hybridized carbons (Fsp3) is 0.320. The van der Waals surface area contributed by atoms with E-state index in [0.29, 0.717) is 17.0 Å². The van der Waals surface area contributed by atoms with Gasteiger partial charge in [-0.3, -0.25) is 4.79 Å². The molecule has 4 rings (SSSR count). The molecule has 1 saturated heterocycles. The molecule has 2 aromatic carbocycles. The molecule has 10 heteroatoms. The maximum atomic E-state index is 12.8. The summed E-state index contributed by atoms with van der Waals surface area (Å²) in [6.07, 6.45) is -3.51. The number of rotatable bonds is 5. The molecule has 2 heterocycles. The van der Waals surface area contributed by atoms with E-state index in [1.54, 1.807) is 37.7 Å². The molecule has 184 valence electrons. The van der Waals surface area contributed by atoms with Gasteiger partial charge >= 0.3 is 12.1 Å². The maximum Gasteiger partial charge on any atom is 0.416 e. The molecule has 2 aliphatic rings. The number of fused-ring (bicyclic) bond motifs is 1. The van der Waals surface area contributed by atoms with Crippen LogP contribution in [0.5, 0.6) is 0 Å². The van der Waals surface area contributed by atoms with Crippen LogP contribution in [-0.2, 0) is 15.7 Å². The largest absolute Gasteiger partial charge is 0.463 e. The van der Waals surface area contributed by atoms with E-state index in [-0.39, 0.29) is 18.2 Å². The third kappa shape index (κ3) is 5.37. The van der Waals surface area contributed by atoms with E-state index >= 15 is 0 Å². The lowest BCUT2D eigenvalue weighted by Crippen LogP contribution is -2.42. The average molecular weight is 504 g/mol. The number of allylic oxidation sites excluding steroid dienone is 1. The van der Waals surface area contributed by atoms with Crippen LogP contribution in [-0.4, -0.2) is 40.8 Å². The lowest BCUT2D eigenvalue weighted by molar-refractivity contribution is -0.139. The third-order valence-corrected chi connectivity index (χ3v) is 6.79. The normalized spacial score (nSPS) is 18.0. The first kappa shape index (κ1) is 24.8. The molecular weight excluding hydrogens is 479 g/mol. The zero-order valence-corrected chi connectivity index (χ0v) is 20.0. The molecule has 1 atom stereocenters. The molecule has 35 heavy (non-hydrogen) atoms. The minimum Gasteiger partial charge on any atom is -0.463 e. The van der Waals surface area contributed by atoms with Crippen LogP contribution in [0.4, 0.5) is 18.9 Å². The molecule has 0 spiro atoms. The summed E-state index contributed by atoms with van der Waals surface area (Å²) in [6.45, 7) is 4.56. The Morgan fingerprint density at radius 3 is 2.46 bits per heavy atom. The number of amidine groups is 1. The number of carbonyl (C=O) groups is 2. The number of carbonyl (C=O) groups excluding carboxylic acids is 2. The summed E-state index contributed by atoms with van der Waals surface area (Å²) in [5.41, 5.74) is 1.73. The van der Waals surface area contributed by atoms with Crippen LogP contribution in [0.15, 0.2) is 64.8 Å². The zero-order valence-electron chi connectivity index (χ0n) is 19.2. The number of thioether (sulfide) groups is 1. The van der Waals surface area contributed by atoms with Gasteiger partial charge in [0, 0.05) is 23.5 Å². The van der Waals surface area contributed by atoms with Gasteiger partial charge < -0.3 is 15.0 Å². The lowest BCUT2D eigenvalue weighted by Gasteiger charge is -2.40. The number of hydrogen-bond acceptors (Lipinski definition) is 6. The quantitative estimate of drug-likeness (QED) is 0.535. The summed E-state index contributed by atoms with van der Waals surface area (Å²) in [5.74, 6) is 0.0286. The molecule has 0 aromatic heterocycles. The summed E-state index contributed by atoms with van der Waals surface area (Å²) >= 11 is 1.65. The molecule has 1 N–H and O–H groups in total. The van der Waals surface area contributed by atoms with Gasteiger partial charge in [-0.05, 0) is 62.2 Å². The Morgan fingerprint density at radius 1 is 1.14 bits per heavy atom. The van der Waals surface area contributed by atoms with Crippen LogP contribution in [0, 0.1) is 0 Å². The van der Waals surface area contributed by atoms with Crippen LogP contribution in [0.3, 0.4) is 0 Å². The molecule has 2 aliphatic heterocycles. The van der Waals surface area contributed by atoms with Crippen LogP contribution in [0.25, 0.3) is 0 Å². The number of aliphatic imine (C=N–C) groups is 1. The molecule has 1 fully saturated rings. The molecule has 6 nitrogen and oxygen atoms in total. The van der Waals surface area contributed by atoms with Gasteiger partial charge in [0.2, 0.25) is 0 Å². The van der Waals surface area contributed by atoms with Crippen LogP contribution >= 0.6 is 11.8 Å². The molecule has 2 aromatic rings. The predicted molar refractivity (Wildman–Crippen MR) is 129 cm³/mol. The second-order valence-corrected chi connectivity index (χ2v) is 9.13. The number of nitrogens with zero attached hydrogens (tertiary/aromatic N) is 2.